The highest BCUT2D eigenvalue weighted by Crippen LogP contribution is 2.58. The van der Waals surface area contributed by atoms with E-state index in [9.17, 15) is 4.79 Å². The van der Waals surface area contributed by atoms with Crippen molar-refractivity contribution in [2.24, 2.45) is 18.4 Å². The molecule has 2 atom stereocenters. The van der Waals surface area contributed by atoms with E-state index in [1.165, 1.54) is 11.3 Å². The van der Waals surface area contributed by atoms with Crippen LogP contribution >= 0.6 is 0 Å². The zero-order chi connectivity index (χ0) is 16.6. The molecule has 0 spiro atoms. The fraction of sp³-hybridized carbons (Fsp3) is 0.450. The predicted molar refractivity (Wildman–Crippen MR) is 94.4 cm³/mol. The molecule has 0 unspecified atom stereocenters. The normalized spacial score (nSPS) is 25.5. The highest BCUT2D eigenvalue weighted by atomic mass is 16.2. The van der Waals surface area contributed by atoms with E-state index in [1.807, 2.05) is 25.4 Å². The summed E-state index contributed by atoms with van der Waals surface area (Å²) < 4.78 is 2.11. The number of likely N-dealkylation sites (tertiary alicyclic amines) is 1. The van der Waals surface area contributed by atoms with Crippen LogP contribution in [0.1, 0.15) is 17.7 Å². The van der Waals surface area contributed by atoms with Crippen LogP contribution in [0.5, 0.6) is 0 Å². The maximum atomic E-state index is 12.7. The van der Waals surface area contributed by atoms with Crippen molar-refractivity contribution < 1.29 is 4.79 Å². The van der Waals surface area contributed by atoms with Crippen LogP contribution in [0.4, 0.5) is 0 Å². The smallest absolute Gasteiger partial charge is 0.227 e. The lowest BCUT2D eigenvalue weighted by molar-refractivity contribution is -0.126. The number of benzene rings is 1. The van der Waals surface area contributed by atoms with Gasteiger partial charge in [-0.2, -0.15) is 0 Å². The van der Waals surface area contributed by atoms with Gasteiger partial charge in [-0.3, -0.25) is 9.69 Å². The van der Waals surface area contributed by atoms with Gasteiger partial charge in [0.2, 0.25) is 5.91 Å². The lowest BCUT2D eigenvalue weighted by Crippen LogP contribution is -2.37. The number of aromatic nitrogens is 1. The van der Waals surface area contributed by atoms with Crippen LogP contribution in [0.15, 0.2) is 48.7 Å². The summed E-state index contributed by atoms with van der Waals surface area (Å²) in [5.41, 5.74) is 2.48. The molecule has 1 amide bonds. The molecule has 1 N–H and O–H groups in total. The van der Waals surface area contributed by atoms with Crippen molar-refractivity contribution in [2.45, 2.75) is 19.4 Å². The predicted octanol–water partition coefficient (Wildman–Crippen LogP) is 2.21. The Labute approximate surface area is 143 Å². The van der Waals surface area contributed by atoms with Crippen molar-refractivity contribution in [1.82, 2.24) is 14.8 Å². The number of nitrogens with one attached hydrogen (secondary N) is 1. The Morgan fingerprint density at radius 1 is 1.25 bits per heavy atom. The molecule has 2 aliphatic rings. The molecule has 4 nitrogen and oxygen atoms in total. The second kappa shape index (κ2) is 6.10. The van der Waals surface area contributed by atoms with Crippen LogP contribution in [0, 0.1) is 11.3 Å². The number of fused-ring (bicyclic) bond motifs is 1. The number of rotatable bonds is 6. The Bertz CT molecular complexity index is 723. The van der Waals surface area contributed by atoms with Crippen LogP contribution in [-0.4, -0.2) is 35.0 Å². The maximum absolute atomic E-state index is 12.7. The highest BCUT2D eigenvalue weighted by Gasteiger charge is 2.64. The minimum absolute atomic E-state index is 0.108. The summed E-state index contributed by atoms with van der Waals surface area (Å²) in [6.45, 7) is 3.64. The van der Waals surface area contributed by atoms with Crippen LogP contribution in [0.3, 0.4) is 0 Å². The third kappa shape index (κ3) is 2.86. The summed E-state index contributed by atoms with van der Waals surface area (Å²) >= 11 is 0. The molecule has 0 bridgehead atoms. The Morgan fingerprint density at radius 3 is 2.83 bits per heavy atom. The van der Waals surface area contributed by atoms with Crippen molar-refractivity contribution >= 4 is 5.91 Å². The van der Waals surface area contributed by atoms with E-state index in [2.05, 4.69) is 45.1 Å². The fourth-order valence-electron chi connectivity index (χ4n) is 4.14. The molecular weight excluding hydrogens is 298 g/mol. The number of aryl methyl sites for hydroxylation is 1. The number of carbonyl (C=O) groups excluding carboxylic acids is 1. The topological polar surface area (TPSA) is 37.3 Å². The summed E-state index contributed by atoms with van der Waals surface area (Å²) in [6.07, 6.45) is 4.00. The standard InChI is InChI=1S/C20H25N3O/c1-22-11-5-8-18(22)9-10-21-19(24)20-12-17(20)14-23(15-20)13-16-6-3-2-4-7-16/h2-8,11,17H,9-10,12-15H2,1H3,(H,21,24)/t17-,20-/m0/s1. The van der Waals surface area contributed by atoms with Crippen molar-refractivity contribution in [2.75, 3.05) is 19.6 Å². The average molecular weight is 323 g/mol. The van der Waals surface area contributed by atoms with Gasteiger partial charge in [-0.25, -0.2) is 0 Å². The van der Waals surface area contributed by atoms with Gasteiger partial charge in [0, 0.05) is 51.5 Å². The highest BCUT2D eigenvalue weighted by molar-refractivity contribution is 5.86. The minimum Gasteiger partial charge on any atom is -0.355 e. The Morgan fingerprint density at radius 2 is 2.08 bits per heavy atom. The quantitative estimate of drug-likeness (QED) is 0.885. The van der Waals surface area contributed by atoms with Gasteiger partial charge in [0.1, 0.15) is 0 Å². The van der Waals surface area contributed by atoms with Gasteiger partial charge in [0.15, 0.2) is 0 Å². The first-order chi connectivity index (χ1) is 11.7. The number of hydrogen-bond donors (Lipinski definition) is 1. The molecule has 4 heteroatoms. The molecule has 2 heterocycles. The number of amides is 1. The zero-order valence-corrected chi connectivity index (χ0v) is 14.2. The molecule has 1 aromatic heterocycles. The molecule has 0 radical (unpaired) electrons. The van der Waals surface area contributed by atoms with E-state index in [-0.39, 0.29) is 11.3 Å². The first kappa shape index (κ1) is 15.5. The van der Waals surface area contributed by atoms with E-state index in [0.717, 1.165) is 39.0 Å². The van der Waals surface area contributed by atoms with Gasteiger partial charge in [-0.05, 0) is 30.0 Å². The van der Waals surface area contributed by atoms with Crippen molar-refractivity contribution in [3.05, 3.63) is 59.9 Å². The summed E-state index contributed by atoms with van der Waals surface area (Å²) in [5, 5.41) is 3.18. The number of piperidine rings is 1. The number of hydrogen-bond acceptors (Lipinski definition) is 2. The summed E-state index contributed by atoms with van der Waals surface area (Å²) in [6, 6.07) is 14.7. The summed E-state index contributed by atoms with van der Waals surface area (Å²) in [4.78, 5) is 15.1. The SMILES string of the molecule is Cn1cccc1CCNC(=O)[C@]12C[C@H]1CN(Cc1ccccc1)C2. The Balaban J connectivity index is 1.29. The third-order valence-corrected chi connectivity index (χ3v) is 5.64. The zero-order valence-electron chi connectivity index (χ0n) is 14.2. The number of nitrogens with zero attached hydrogens (tertiary/aromatic N) is 2. The third-order valence-electron chi connectivity index (χ3n) is 5.64. The van der Waals surface area contributed by atoms with Crippen LogP contribution in [0.2, 0.25) is 0 Å². The largest absolute Gasteiger partial charge is 0.355 e. The van der Waals surface area contributed by atoms with Crippen LogP contribution in [-0.2, 0) is 24.8 Å². The second-order valence-electron chi connectivity index (χ2n) is 7.33. The first-order valence-electron chi connectivity index (χ1n) is 8.82. The monoisotopic (exact) mass is 323 g/mol. The van der Waals surface area contributed by atoms with Crippen LogP contribution < -0.4 is 5.32 Å². The molecule has 2 fully saturated rings. The molecule has 1 aliphatic heterocycles. The second-order valence-corrected chi connectivity index (χ2v) is 7.33. The molecule has 1 aliphatic carbocycles. The lowest BCUT2D eigenvalue weighted by Gasteiger charge is -2.20. The van der Waals surface area contributed by atoms with Crippen molar-refractivity contribution in [3.8, 4) is 0 Å². The van der Waals surface area contributed by atoms with E-state index in [0.29, 0.717) is 5.92 Å². The number of carbonyl (C=O) groups is 1. The average Bonchev–Trinajstić information content (AvgIpc) is 2.93. The molecule has 1 saturated heterocycles. The molecule has 24 heavy (non-hydrogen) atoms. The van der Waals surface area contributed by atoms with Gasteiger partial charge >= 0.3 is 0 Å². The van der Waals surface area contributed by atoms with Gasteiger partial charge in [0.05, 0.1) is 5.41 Å². The molecule has 1 aromatic carbocycles. The molecule has 4 rings (SSSR count). The molecule has 1 saturated carbocycles. The maximum Gasteiger partial charge on any atom is 0.227 e. The van der Waals surface area contributed by atoms with E-state index in [4.69, 9.17) is 0 Å². The molecule has 126 valence electrons. The first-order valence-corrected chi connectivity index (χ1v) is 8.82. The minimum atomic E-state index is -0.108. The van der Waals surface area contributed by atoms with E-state index < -0.39 is 0 Å². The summed E-state index contributed by atoms with van der Waals surface area (Å²) in [5.74, 6) is 0.813. The van der Waals surface area contributed by atoms with Gasteiger partial charge in [-0.15, -0.1) is 0 Å². The van der Waals surface area contributed by atoms with Crippen molar-refractivity contribution in [3.63, 3.8) is 0 Å². The van der Waals surface area contributed by atoms with Gasteiger partial charge in [0.25, 0.3) is 0 Å². The fourth-order valence-corrected chi connectivity index (χ4v) is 4.14. The van der Waals surface area contributed by atoms with Gasteiger partial charge in [-0.1, -0.05) is 30.3 Å². The van der Waals surface area contributed by atoms with Crippen LogP contribution in [0.25, 0.3) is 0 Å². The summed E-state index contributed by atoms with van der Waals surface area (Å²) in [7, 11) is 2.05. The van der Waals surface area contributed by atoms with E-state index >= 15 is 0 Å². The molecule has 2 aromatic rings. The Kier molecular flexibility index (Phi) is 3.93. The van der Waals surface area contributed by atoms with Gasteiger partial charge < -0.3 is 9.88 Å². The van der Waals surface area contributed by atoms with E-state index in [1.54, 1.807) is 0 Å². The Hall–Kier alpha value is -2.07. The van der Waals surface area contributed by atoms with Crippen molar-refractivity contribution in [1.29, 1.82) is 0 Å². The molecular formula is C20H25N3O. The lowest BCUT2D eigenvalue weighted by atomic mass is 10.1.